The molecule has 0 atom stereocenters. The topological polar surface area (TPSA) is 18.5 Å². The van der Waals surface area contributed by atoms with Crippen molar-refractivity contribution >= 4 is 0 Å². The first-order valence-electron chi connectivity index (χ1n) is 2.11. The van der Waals surface area contributed by atoms with E-state index in [0.717, 1.165) is 0 Å². The molecule has 0 amide bonds. The highest BCUT2D eigenvalue weighted by atomic mass is 16.7. The summed E-state index contributed by atoms with van der Waals surface area (Å²) in [5, 5.41) is 0. The molecule has 2 nitrogen and oxygen atoms in total. The maximum absolute atomic E-state index is 4.80. The van der Waals surface area contributed by atoms with Crippen LogP contribution >= 0.6 is 0 Å². The van der Waals surface area contributed by atoms with Gasteiger partial charge in [-0.3, -0.25) is 0 Å². The maximum atomic E-state index is 4.80. The molecule has 0 aliphatic heterocycles. The van der Waals surface area contributed by atoms with E-state index >= 15 is 0 Å². The minimum Gasteiger partial charge on any atom is -0.350 e. The SMILES string of the molecule is [CH2+]OC(C)(C)OC. The van der Waals surface area contributed by atoms with Crippen molar-refractivity contribution in [3.8, 4) is 0 Å². The van der Waals surface area contributed by atoms with Crippen LogP contribution in [0.25, 0.3) is 0 Å². The van der Waals surface area contributed by atoms with Gasteiger partial charge in [-0.25, -0.2) is 0 Å². The molecule has 0 saturated carbocycles. The Hall–Kier alpha value is -0.210. The Bertz CT molecular complexity index is 44.0. The first-order valence-corrected chi connectivity index (χ1v) is 2.11. The largest absolute Gasteiger partial charge is 0.350 e. The van der Waals surface area contributed by atoms with Crippen LogP contribution in [-0.2, 0) is 9.47 Å². The molecule has 0 spiro atoms. The quantitative estimate of drug-likeness (QED) is 0.386. The van der Waals surface area contributed by atoms with Crippen molar-refractivity contribution in [1.29, 1.82) is 0 Å². The molecule has 0 aromatic carbocycles. The van der Waals surface area contributed by atoms with E-state index in [1.165, 1.54) is 0 Å². The number of rotatable bonds is 2. The van der Waals surface area contributed by atoms with Crippen LogP contribution in [0.15, 0.2) is 0 Å². The zero-order chi connectivity index (χ0) is 5.91. The first kappa shape index (κ1) is 6.79. The van der Waals surface area contributed by atoms with E-state index in [-0.39, 0.29) is 0 Å². The van der Waals surface area contributed by atoms with Crippen molar-refractivity contribution < 1.29 is 9.47 Å². The van der Waals surface area contributed by atoms with Gasteiger partial charge in [-0.05, 0) is 13.8 Å². The van der Waals surface area contributed by atoms with E-state index in [9.17, 15) is 0 Å². The van der Waals surface area contributed by atoms with Crippen LogP contribution in [0, 0.1) is 7.11 Å². The van der Waals surface area contributed by atoms with Crippen LogP contribution in [0.1, 0.15) is 13.8 Å². The van der Waals surface area contributed by atoms with Crippen LogP contribution < -0.4 is 0 Å². The fourth-order valence-corrected chi connectivity index (χ4v) is 0.0589. The number of hydrogen-bond acceptors (Lipinski definition) is 2. The molecule has 0 aromatic rings. The number of methoxy groups -OCH3 is 1. The second-order valence-corrected chi connectivity index (χ2v) is 1.75. The summed E-state index contributed by atoms with van der Waals surface area (Å²) in [4.78, 5) is 0. The van der Waals surface area contributed by atoms with Gasteiger partial charge in [0.05, 0.1) is 0 Å². The standard InChI is InChI=1S/C5H11O2/c1-5(2,6-3)7-4/h3H2,1-2,4H3/q+1. The molecular weight excluding hydrogens is 92.1 g/mol. The molecule has 0 heterocycles. The van der Waals surface area contributed by atoms with Crippen molar-refractivity contribution in [1.82, 2.24) is 0 Å². The molecule has 0 aliphatic carbocycles. The van der Waals surface area contributed by atoms with Gasteiger partial charge in [0.15, 0.2) is 0 Å². The lowest BCUT2D eigenvalue weighted by Gasteiger charge is -2.13. The lowest BCUT2D eigenvalue weighted by molar-refractivity contribution is -0.164. The Morgan fingerprint density at radius 3 is 1.86 bits per heavy atom. The summed E-state index contributed by atoms with van der Waals surface area (Å²) >= 11 is 0. The summed E-state index contributed by atoms with van der Waals surface area (Å²) in [7, 11) is 4.78. The summed E-state index contributed by atoms with van der Waals surface area (Å²) in [6.45, 7) is 3.58. The molecule has 0 radical (unpaired) electrons. The lowest BCUT2D eigenvalue weighted by Crippen LogP contribution is -2.23. The van der Waals surface area contributed by atoms with Gasteiger partial charge in [0.25, 0.3) is 0 Å². The summed E-state index contributed by atoms with van der Waals surface area (Å²) in [5.74, 6) is -0.528. The van der Waals surface area contributed by atoms with Gasteiger partial charge in [-0.2, -0.15) is 4.74 Å². The second-order valence-electron chi connectivity index (χ2n) is 1.75. The van der Waals surface area contributed by atoms with E-state index in [1.54, 1.807) is 21.0 Å². The van der Waals surface area contributed by atoms with Gasteiger partial charge >= 0.3 is 0 Å². The van der Waals surface area contributed by atoms with Gasteiger partial charge in [0, 0.05) is 7.11 Å². The van der Waals surface area contributed by atoms with Gasteiger partial charge in [-0.1, -0.05) is 0 Å². The van der Waals surface area contributed by atoms with Crippen LogP contribution in [0.3, 0.4) is 0 Å². The van der Waals surface area contributed by atoms with Gasteiger partial charge < -0.3 is 4.74 Å². The zero-order valence-electron chi connectivity index (χ0n) is 5.02. The second kappa shape index (κ2) is 2.19. The highest BCUT2D eigenvalue weighted by Gasteiger charge is 2.17. The fraction of sp³-hybridized carbons (Fsp3) is 0.800. The third-order valence-electron chi connectivity index (χ3n) is 0.839. The molecule has 7 heavy (non-hydrogen) atoms. The Morgan fingerprint density at radius 2 is 1.86 bits per heavy atom. The number of ether oxygens (including phenoxy) is 2. The average Bonchev–Trinajstić information content (AvgIpc) is 1.68. The van der Waals surface area contributed by atoms with Crippen molar-refractivity contribution in [2.75, 3.05) is 7.11 Å². The predicted molar refractivity (Wildman–Crippen MR) is 27.5 cm³/mol. The van der Waals surface area contributed by atoms with Crippen LogP contribution in [-0.4, -0.2) is 12.9 Å². The molecule has 0 rings (SSSR count). The highest BCUT2D eigenvalue weighted by molar-refractivity contribution is 4.48. The summed E-state index contributed by atoms with van der Waals surface area (Å²) in [5.41, 5.74) is 0. The molecule has 0 aliphatic rings. The summed E-state index contributed by atoms with van der Waals surface area (Å²) in [6.07, 6.45) is 0. The molecule has 0 unspecified atom stereocenters. The lowest BCUT2D eigenvalue weighted by atomic mass is 10.4. The maximum Gasteiger partial charge on any atom is 0.217 e. The fourth-order valence-electron chi connectivity index (χ4n) is 0.0589. The normalized spacial score (nSPS) is 11.9. The van der Waals surface area contributed by atoms with E-state index in [0.29, 0.717) is 0 Å². The summed E-state index contributed by atoms with van der Waals surface area (Å²) in [6, 6.07) is 0. The Kier molecular flexibility index (Phi) is 2.12. The highest BCUT2D eigenvalue weighted by Crippen LogP contribution is 2.06. The molecule has 42 valence electrons. The first-order chi connectivity index (χ1) is 3.12. The van der Waals surface area contributed by atoms with Crippen molar-refractivity contribution in [3.63, 3.8) is 0 Å². The van der Waals surface area contributed by atoms with Crippen LogP contribution in [0.4, 0.5) is 0 Å². The van der Waals surface area contributed by atoms with Crippen LogP contribution in [0.5, 0.6) is 0 Å². The molecule has 0 bridgehead atoms. The van der Waals surface area contributed by atoms with Gasteiger partial charge in [-0.15, -0.1) is 0 Å². The molecule has 0 aromatic heterocycles. The Labute approximate surface area is 44.4 Å². The zero-order valence-corrected chi connectivity index (χ0v) is 5.02. The van der Waals surface area contributed by atoms with Crippen molar-refractivity contribution in [3.05, 3.63) is 7.11 Å². The number of hydrogen-bond donors (Lipinski definition) is 0. The van der Waals surface area contributed by atoms with Crippen LogP contribution in [0.2, 0.25) is 0 Å². The predicted octanol–water partition coefficient (Wildman–Crippen LogP) is 1.18. The van der Waals surface area contributed by atoms with E-state index in [4.69, 9.17) is 4.74 Å². The van der Waals surface area contributed by atoms with Crippen molar-refractivity contribution in [2.45, 2.75) is 19.6 Å². The van der Waals surface area contributed by atoms with E-state index < -0.39 is 5.79 Å². The van der Waals surface area contributed by atoms with Gasteiger partial charge in [0.2, 0.25) is 12.9 Å². The molecular formula is C5H11O2+. The average molecular weight is 103 g/mol. The van der Waals surface area contributed by atoms with Gasteiger partial charge in [0.1, 0.15) is 0 Å². The van der Waals surface area contributed by atoms with E-state index in [1.807, 2.05) is 0 Å². The van der Waals surface area contributed by atoms with E-state index in [2.05, 4.69) is 11.8 Å². The molecule has 0 saturated heterocycles. The monoisotopic (exact) mass is 103 g/mol. The molecule has 0 N–H and O–H groups in total. The molecule has 2 heteroatoms. The Balaban J connectivity index is 3.36. The summed E-state index contributed by atoms with van der Waals surface area (Å²) < 4.78 is 9.42. The minimum absolute atomic E-state index is 0.528. The third kappa shape index (κ3) is 2.48. The van der Waals surface area contributed by atoms with Crippen molar-refractivity contribution in [2.24, 2.45) is 0 Å². The molecule has 0 fully saturated rings. The smallest absolute Gasteiger partial charge is 0.217 e. The third-order valence-corrected chi connectivity index (χ3v) is 0.839. The Morgan fingerprint density at radius 1 is 1.43 bits per heavy atom. The minimum atomic E-state index is -0.528.